The summed E-state index contributed by atoms with van der Waals surface area (Å²) in [5.74, 6) is 1.55. The largest absolute Gasteiger partial charge is 0.382 e. The smallest absolute Gasteiger partial charge is 0.191 e. The summed E-state index contributed by atoms with van der Waals surface area (Å²) in [5, 5.41) is 6.97. The lowest BCUT2D eigenvalue weighted by molar-refractivity contribution is 0.0689. The van der Waals surface area contributed by atoms with Crippen LogP contribution in [0.25, 0.3) is 0 Å². The second kappa shape index (κ2) is 14.1. The van der Waals surface area contributed by atoms with E-state index in [1.54, 1.807) is 7.11 Å². The standard InChI is InChI=1S/C17H36N4O2.HI/c1-14(2)21-12-15(3)16(13-21)20-17(18-4)19-8-6-7-9-23-11-10-22-5;/h14-16H,6-13H2,1-5H3,(H2,18,19,20);1H. The van der Waals surface area contributed by atoms with E-state index in [1.165, 1.54) is 0 Å². The summed E-state index contributed by atoms with van der Waals surface area (Å²) in [7, 11) is 3.53. The number of guanidine groups is 1. The number of nitrogens with one attached hydrogen (secondary N) is 2. The molecule has 2 unspecified atom stereocenters. The summed E-state index contributed by atoms with van der Waals surface area (Å²) in [6.45, 7) is 12.1. The number of unbranched alkanes of at least 4 members (excludes halogenated alkanes) is 1. The normalized spacial score (nSPS) is 21.8. The van der Waals surface area contributed by atoms with Crippen LogP contribution >= 0.6 is 24.0 Å². The Labute approximate surface area is 165 Å². The van der Waals surface area contributed by atoms with Gasteiger partial charge in [0.25, 0.3) is 0 Å². The summed E-state index contributed by atoms with van der Waals surface area (Å²) in [4.78, 5) is 6.86. The number of hydrogen-bond acceptors (Lipinski definition) is 4. The molecule has 0 spiro atoms. The molecule has 1 heterocycles. The molecule has 0 radical (unpaired) electrons. The molecule has 0 saturated carbocycles. The highest BCUT2D eigenvalue weighted by molar-refractivity contribution is 14.0. The molecule has 0 aromatic carbocycles. The molecule has 1 fully saturated rings. The highest BCUT2D eigenvalue weighted by Crippen LogP contribution is 2.18. The first-order chi connectivity index (χ1) is 11.1. The lowest BCUT2D eigenvalue weighted by Gasteiger charge is -2.22. The molecule has 7 heteroatoms. The number of ether oxygens (including phenoxy) is 2. The van der Waals surface area contributed by atoms with Gasteiger partial charge in [-0.1, -0.05) is 6.92 Å². The molecule has 0 amide bonds. The molecule has 2 N–H and O–H groups in total. The molecule has 144 valence electrons. The van der Waals surface area contributed by atoms with Gasteiger partial charge < -0.3 is 20.1 Å². The fraction of sp³-hybridized carbons (Fsp3) is 0.941. The number of aliphatic imine (C=N–C) groups is 1. The average Bonchev–Trinajstić information content (AvgIpc) is 2.90. The fourth-order valence-electron chi connectivity index (χ4n) is 2.76. The molecule has 0 aromatic heterocycles. The van der Waals surface area contributed by atoms with Crippen LogP contribution in [-0.4, -0.2) is 76.6 Å². The molecule has 0 aliphatic carbocycles. The minimum atomic E-state index is 0. The Morgan fingerprint density at radius 3 is 2.54 bits per heavy atom. The third-order valence-corrected chi connectivity index (χ3v) is 4.36. The number of halogens is 1. The van der Waals surface area contributed by atoms with E-state index in [0.717, 1.165) is 45.0 Å². The van der Waals surface area contributed by atoms with Gasteiger partial charge in [0.1, 0.15) is 0 Å². The number of likely N-dealkylation sites (tertiary alicyclic amines) is 1. The molecule has 1 aliphatic heterocycles. The van der Waals surface area contributed by atoms with Crippen LogP contribution in [0.15, 0.2) is 4.99 Å². The van der Waals surface area contributed by atoms with E-state index in [1.807, 2.05) is 7.05 Å². The Morgan fingerprint density at radius 1 is 1.21 bits per heavy atom. The van der Waals surface area contributed by atoms with Crippen LogP contribution in [0, 0.1) is 5.92 Å². The van der Waals surface area contributed by atoms with Crippen molar-refractivity contribution in [1.82, 2.24) is 15.5 Å². The van der Waals surface area contributed by atoms with Crippen molar-refractivity contribution in [2.24, 2.45) is 10.9 Å². The molecule has 1 saturated heterocycles. The first kappa shape index (κ1) is 23.9. The predicted molar refractivity (Wildman–Crippen MR) is 112 cm³/mol. The minimum absolute atomic E-state index is 0. The topological polar surface area (TPSA) is 58.1 Å². The zero-order valence-electron chi connectivity index (χ0n) is 16.0. The van der Waals surface area contributed by atoms with Crippen molar-refractivity contribution in [2.75, 3.05) is 53.6 Å². The van der Waals surface area contributed by atoms with Crippen LogP contribution in [0.5, 0.6) is 0 Å². The van der Waals surface area contributed by atoms with Gasteiger partial charge in [-0.3, -0.25) is 9.89 Å². The van der Waals surface area contributed by atoms with Crippen LogP contribution in [0.3, 0.4) is 0 Å². The lowest BCUT2D eigenvalue weighted by Crippen LogP contribution is -2.47. The molecule has 0 aromatic rings. The summed E-state index contributed by atoms with van der Waals surface area (Å²) >= 11 is 0. The van der Waals surface area contributed by atoms with Crippen molar-refractivity contribution >= 4 is 29.9 Å². The summed E-state index contributed by atoms with van der Waals surface area (Å²) in [6.07, 6.45) is 2.13. The van der Waals surface area contributed by atoms with Crippen LogP contribution in [0.2, 0.25) is 0 Å². The summed E-state index contributed by atoms with van der Waals surface area (Å²) in [6, 6.07) is 1.08. The van der Waals surface area contributed by atoms with Crippen molar-refractivity contribution in [3.8, 4) is 0 Å². The van der Waals surface area contributed by atoms with Crippen LogP contribution in [-0.2, 0) is 9.47 Å². The molecule has 2 atom stereocenters. The molecular formula is C17H37IN4O2. The van der Waals surface area contributed by atoms with E-state index in [4.69, 9.17) is 9.47 Å². The highest BCUT2D eigenvalue weighted by atomic mass is 127. The number of methoxy groups -OCH3 is 1. The lowest BCUT2D eigenvalue weighted by atomic mass is 10.1. The maximum atomic E-state index is 5.46. The van der Waals surface area contributed by atoms with E-state index in [0.29, 0.717) is 31.2 Å². The minimum Gasteiger partial charge on any atom is -0.382 e. The van der Waals surface area contributed by atoms with Crippen LogP contribution in [0.1, 0.15) is 33.6 Å². The van der Waals surface area contributed by atoms with Crippen molar-refractivity contribution in [2.45, 2.75) is 45.7 Å². The van der Waals surface area contributed by atoms with Gasteiger partial charge in [-0.05, 0) is 32.6 Å². The zero-order chi connectivity index (χ0) is 17.1. The number of rotatable bonds is 10. The SMILES string of the molecule is CN=C(NCCCCOCCOC)NC1CN(C(C)C)CC1C.I. The second-order valence-electron chi connectivity index (χ2n) is 6.59. The second-order valence-corrected chi connectivity index (χ2v) is 6.59. The number of nitrogens with zero attached hydrogens (tertiary/aromatic N) is 2. The Morgan fingerprint density at radius 2 is 1.96 bits per heavy atom. The van der Waals surface area contributed by atoms with E-state index in [-0.39, 0.29) is 24.0 Å². The quantitative estimate of drug-likeness (QED) is 0.228. The molecule has 6 nitrogen and oxygen atoms in total. The van der Waals surface area contributed by atoms with Crippen molar-refractivity contribution < 1.29 is 9.47 Å². The van der Waals surface area contributed by atoms with Crippen molar-refractivity contribution in [1.29, 1.82) is 0 Å². The summed E-state index contributed by atoms with van der Waals surface area (Å²) in [5.41, 5.74) is 0. The summed E-state index contributed by atoms with van der Waals surface area (Å²) < 4.78 is 10.4. The van der Waals surface area contributed by atoms with Gasteiger partial charge in [0.2, 0.25) is 0 Å². The maximum Gasteiger partial charge on any atom is 0.191 e. The van der Waals surface area contributed by atoms with Gasteiger partial charge in [0.05, 0.1) is 13.2 Å². The van der Waals surface area contributed by atoms with Gasteiger partial charge in [-0.2, -0.15) is 0 Å². The third kappa shape index (κ3) is 9.39. The first-order valence-corrected chi connectivity index (χ1v) is 8.86. The van der Waals surface area contributed by atoms with Crippen LogP contribution in [0.4, 0.5) is 0 Å². The molecule has 0 bridgehead atoms. The fourth-order valence-corrected chi connectivity index (χ4v) is 2.76. The molecule has 1 aliphatic rings. The Balaban J connectivity index is 0.00000529. The van der Waals surface area contributed by atoms with Gasteiger partial charge in [0.15, 0.2) is 5.96 Å². The van der Waals surface area contributed by atoms with Gasteiger partial charge >= 0.3 is 0 Å². The van der Waals surface area contributed by atoms with E-state index >= 15 is 0 Å². The van der Waals surface area contributed by atoms with Crippen LogP contribution < -0.4 is 10.6 Å². The Kier molecular flexibility index (Phi) is 14.0. The highest BCUT2D eigenvalue weighted by Gasteiger charge is 2.31. The Hall–Kier alpha value is -0.120. The predicted octanol–water partition coefficient (Wildman–Crippen LogP) is 1.94. The van der Waals surface area contributed by atoms with Gasteiger partial charge in [0, 0.05) is 52.5 Å². The Bertz CT molecular complexity index is 343. The first-order valence-electron chi connectivity index (χ1n) is 8.86. The molecule has 1 rings (SSSR count). The average molecular weight is 456 g/mol. The number of hydrogen-bond donors (Lipinski definition) is 2. The van der Waals surface area contributed by atoms with Crippen molar-refractivity contribution in [3.05, 3.63) is 0 Å². The van der Waals surface area contributed by atoms with Crippen molar-refractivity contribution in [3.63, 3.8) is 0 Å². The van der Waals surface area contributed by atoms with E-state index in [2.05, 4.69) is 41.3 Å². The zero-order valence-corrected chi connectivity index (χ0v) is 18.3. The van der Waals surface area contributed by atoms with E-state index < -0.39 is 0 Å². The molecule has 24 heavy (non-hydrogen) atoms. The maximum absolute atomic E-state index is 5.46. The van der Waals surface area contributed by atoms with E-state index in [9.17, 15) is 0 Å². The monoisotopic (exact) mass is 456 g/mol. The molecular weight excluding hydrogens is 419 g/mol. The van der Waals surface area contributed by atoms with Gasteiger partial charge in [-0.15, -0.1) is 24.0 Å². The third-order valence-electron chi connectivity index (χ3n) is 4.36. The van der Waals surface area contributed by atoms with Gasteiger partial charge in [-0.25, -0.2) is 0 Å².